The number of ether oxygens (including phenoxy) is 3. The van der Waals surface area contributed by atoms with E-state index in [4.69, 9.17) is 19.2 Å². The van der Waals surface area contributed by atoms with E-state index in [-0.39, 0.29) is 16.7 Å². The molecule has 1 saturated heterocycles. The predicted molar refractivity (Wildman–Crippen MR) is 152 cm³/mol. The molecule has 0 N–H and O–H groups in total. The topological polar surface area (TPSA) is 82.9 Å². The van der Waals surface area contributed by atoms with Crippen molar-refractivity contribution in [1.82, 2.24) is 14.5 Å². The Balaban J connectivity index is 1.53. The molecule has 1 aliphatic rings. The Morgan fingerprint density at radius 3 is 2.63 bits per heavy atom. The predicted octanol–water partition coefficient (Wildman–Crippen LogP) is 4.60. The molecule has 1 aliphatic heterocycles. The van der Waals surface area contributed by atoms with Crippen LogP contribution in [0, 0.1) is 0 Å². The van der Waals surface area contributed by atoms with Crippen LogP contribution in [0.3, 0.4) is 0 Å². The van der Waals surface area contributed by atoms with Gasteiger partial charge in [-0.2, -0.15) is 0 Å². The molecule has 3 heterocycles. The minimum atomic E-state index is -0.338. The zero-order chi connectivity index (χ0) is 26.6. The van der Waals surface area contributed by atoms with Gasteiger partial charge in [0.2, 0.25) is 5.91 Å². The summed E-state index contributed by atoms with van der Waals surface area (Å²) in [5.41, 5.74) is 1.64. The van der Waals surface area contributed by atoms with Crippen molar-refractivity contribution in [2.45, 2.75) is 36.7 Å². The fourth-order valence-corrected chi connectivity index (χ4v) is 6.85. The molecule has 0 radical (unpaired) electrons. The first-order valence-electron chi connectivity index (χ1n) is 12.7. The monoisotopic (exact) mass is 553 g/mol. The molecule has 4 aromatic rings. The quantitative estimate of drug-likeness (QED) is 0.221. The standard InChI is InChI=1S/C28H31N3O5S2/c1-4-22(26(32)30-13-15-36-16-14-30)38-28-29-24-19-7-5-6-8-23(19)37-25(24)27(33)31(28)12-11-18-9-10-20(34-2)21(17-18)35-3/h5-10,17,22H,4,11-16H2,1-3H3/t22-/m0/s1. The number of carbonyl (C=O) groups excluding carboxylic acids is 1. The largest absolute Gasteiger partial charge is 0.493 e. The Kier molecular flexibility index (Phi) is 8.21. The highest BCUT2D eigenvalue weighted by molar-refractivity contribution is 8.00. The molecule has 10 heteroatoms. The zero-order valence-corrected chi connectivity index (χ0v) is 23.4. The van der Waals surface area contributed by atoms with Gasteiger partial charge in [0.1, 0.15) is 4.70 Å². The maximum atomic E-state index is 13.9. The van der Waals surface area contributed by atoms with Gasteiger partial charge in [0.05, 0.1) is 38.2 Å². The van der Waals surface area contributed by atoms with Gasteiger partial charge in [-0.1, -0.05) is 43.0 Å². The van der Waals surface area contributed by atoms with Crippen molar-refractivity contribution in [3.05, 3.63) is 58.4 Å². The van der Waals surface area contributed by atoms with Gasteiger partial charge < -0.3 is 19.1 Å². The summed E-state index contributed by atoms with van der Waals surface area (Å²) in [6.07, 6.45) is 1.23. The smallest absolute Gasteiger partial charge is 0.272 e. The van der Waals surface area contributed by atoms with Crippen LogP contribution < -0.4 is 15.0 Å². The normalized spacial score (nSPS) is 14.7. The fourth-order valence-electron chi connectivity index (χ4n) is 4.64. The number of methoxy groups -OCH3 is 2. The summed E-state index contributed by atoms with van der Waals surface area (Å²) < 4.78 is 19.6. The number of hydrogen-bond acceptors (Lipinski definition) is 8. The second kappa shape index (κ2) is 11.8. The van der Waals surface area contributed by atoms with Crippen LogP contribution in [0.15, 0.2) is 52.4 Å². The van der Waals surface area contributed by atoms with E-state index >= 15 is 0 Å². The molecule has 2 aromatic heterocycles. The summed E-state index contributed by atoms with van der Waals surface area (Å²) in [6.45, 7) is 4.70. The Bertz CT molecular complexity index is 1510. The van der Waals surface area contributed by atoms with Gasteiger partial charge in [0, 0.05) is 29.7 Å². The van der Waals surface area contributed by atoms with Crippen molar-refractivity contribution >= 4 is 49.3 Å². The molecular formula is C28H31N3O5S2. The zero-order valence-electron chi connectivity index (χ0n) is 21.8. The van der Waals surface area contributed by atoms with Crippen LogP contribution in [-0.4, -0.2) is 66.1 Å². The second-order valence-corrected chi connectivity index (χ2v) is 11.2. The lowest BCUT2D eigenvalue weighted by Crippen LogP contribution is -2.44. The number of aryl methyl sites for hydroxylation is 1. The van der Waals surface area contributed by atoms with E-state index < -0.39 is 0 Å². The highest BCUT2D eigenvalue weighted by atomic mass is 32.2. The molecule has 1 fully saturated rings. The first-order chi connectivity index (χ1) is 18.5. The first kappa shape index (κ1) is 26.5. The first-order valence-corrected chi connectivity index (χ1v) is 14.4. The summed E-state index contributed by atoms with van der Waals surface area (Å²) in [5, 5.41) is 1.20. The summed E-state index contributed by atoms with van der Waals surface area (Å²) in [4.78, 5) is 34.1. The lowest BCUT2D eigenvalue weighted by Gasteiger charge is -2.30. The molecule has 0 unspecified atom stereocenters. The fraction of sp³-hybridized carbons (Fsp3) is 0.393. The lowest BCUT2D eigenvalue weighted by atomic mass is 10.1. The Hall–Kier alpha value is -3.08. The van der Waals surface area contributed by atoms with Gasteiger partial charge in [0.25, 0.3) is 5.56 Å². The summed E-state index contributed by atoms with van der Waals surface area (Å²) in [5.74, 6) is 1.37. The average Bonchev–Trinajstić information content (AvgIpc) is 3.34. The Labute approximate surface area is 229 Å². The Morgan fingerprint density at radius 1 is 1.13 bits per heavy atom. The highest BCUT2D eigenvalue weighted by Crippen LogP contribution is 2.34. The number of thiophene rings is 1. The van der Waals surface area contributed by atoms with E-state index in [1.807, 2.05) is 54.3 Å². The number of amides is 1. The maximum Gasteiger partial charge on any atom is 0.272 e. The molecule has 5 rings (SSSR count). The lowest BCUT2D eigenvalue weighted by molar-refractivity contribution is -0.134. The van der Waals surface area contributed by atoms with E-state index in [1.165, 1.54) is 23.1 Å². The third kappa shape index (κ3) is 5.25. The van der Waals surface area contributed by atoms with Crippen molar-refractivity contribution in [3.63, 3.8) is 0 Å². The highest BCUT2D eigenvalue weighted by Gasteiger charge is 2.28. The number of fused-ring (bicyclic) bond motifs is 3. The number of rotatable bonds is 9. The number of morpholine rings is 1. The van der Waals surface area contributed by atoms with Crippen LogP contribution in [0.1, 0.15) is 18.9 Å². The SMILES string of the molecule is CC[C@H](Sc1nc2c(sc3ccccc32)c(=O)n1CCc1ccc(OC)c(OC)c1)C(=O)N1CCOCC1. The van der Waals surface area contributed by atoms with Crippen LogP contribution in [0.5, 0.6) is 11.5 Å². The van der Waals surface area contributed by atoms with Crippen LogP contribution in [0.2, 0.25) is 0 Å². The molecular weight excluding hydrogens is 522 g/mol. The van der Waals surface area contributed by atoms with Crippen LogP contribution in [0.4, 0.5) is 0 Å². The van der Waals surface area contributed by atoms with Gasteiger partial charge in [-0.3, -0.25) is 14.2 Å². The number of aromatic nitrogens is 2. The van der Waals surface area contributed by atoms with E-state index in [1.54, 1.807) is 18.8 Å². The van der Waals surface area contributed by atoms with Crippen molar-refractivity contribution < 1.29 is 19.0 Å². The van der Waals surface area contributed by atoms with Gasteiger partial charge in [-0.15, -0.1) is 11.3 Å². The second-order valence-electron chi connectivity index (χ2n) is 9.02. The van der Waals surface area contributed by atoms with E-state index in [0.29, 0.717) is 72.6 Å². The molecule has 0 spiro atoms. The van der Waals surface area contributed by atoms with Crippen LogP contribution in [-0.2, 0) is 22.5 Å². The number of hydrogen-bond donors (Lipinski definition) is 0. The molecule has 0 saturated carbocycles. The van der Waals surface area contributed by atoms with Crippen molar-refractivity contribution in [2.75, 3.05) is 40.5 Å². The summed E-state index contributed by atoms with van der Waals surface area (Å²) in [7, 11) is 3.21. The molecule has 2 aromatic carbocycles. The van der Waals surface area contributed by atoms with Gasteiger partial charge >= 0.3 is 0 Å². The van der Waals surface area contributed by atoms with E-state index in [0.717, 1.165) is 15.6 Å². The molecule has 1 atom stereocenters. The molecule has 0 bridgehead atoms. The number of nitrogens with zero attached hydrogens (tertiary/aromatic N) is 3. The molecule has 0 aliphatic carbocycles. The average molecular weight is 554 g/mol. The molecule has 8 nitrogen and oxygen atoms in total. The van der Waals surface area contributed by atoms with Crippen molar-refractivity contribution in [2.24, 2.45) is 0 Å². The van der Waals surface area contributed by atoms with E-state index in [2.05, 4.69) is 0 Å². The Morgan fingerprint density at radius 2 is 1.89 bits per heavy atom. The minimum absolute atomic E-state index is 0.0664. The van der Waals surface area contributed by atoms with Gasteiger partial charge in [0.15, 0.2) is 16.7 Å². The van der Waals surface area contributed by atoms with Crippen LogP contribution >= 0.6 is 23.1 Å². The molecule has 38 heavy (non-hydrogen) atoms. The number of carbonyl (C=O) groups is 1. The number of thioether (sulfide) groups is 1. The minimum Gasteiger partial charge on any atom is -0.493 e. The van der Waals surface area contributed by atoms with Gasteiger partial charge in [-0.25, -0.2) is 4.98 Å². The molecule has 1 amide bonds. The number of benzene rings is 2. The summed E-state index contributed by atoms with van der Waals surface area (Å²) >= 11 is 2.85. The maximum absolute atomic E-state index is 13.9. The summed E-state index contributed by atoms with van der Waals surface area (Å²) in [6, 6.07) is 13.7. The van der Waals surface area contributed by atoms with Gasteiger partial charge in [-0.05, 0) is 36.6 Å². The third-order valence-electron chi connectivity index (χ3n) is 6.74. The van der Waals surface area contributed by atoms with Crippen molar-refractivity contribution in [1.29, 1.82) is 0 Å². The van der Waals surface area contributed by atoms with Crippen molar-refractivity contribution in [3.8, 4) is 11.5 Å². The van der Waals surface area contributed by atoms with Crippen LogP contribution in [0.25, 0.3) is 20.3 Å². The third-order valence-corrected chi connectivity index (χ3v) is 9.23. The van der Waals surface area contributed by atoms with E-state index in [9.17, 15) is 9.59 Å². The molecule has 200 valence electrons.